The third-order valence-electron chi connectivity index (χ3n) is 2.68. The lowest BCUT2D eigenvalue weighted by molar-refractivity contribution is 0.116. The lowest BCUT2D eigenvalue weighted by Gasteiger charge is -2.15. The summed E-state index contributed by atoms with van der Waals surface area (Å²) in [7, 11) is 0. The van der Waals surface area contributed by atoms with Gasteiger partial charge in [-0.15, -0.1) is 0 Å². The van der Waals surface area contributed by atoms with Crippen molar-refractivity contribution in [2.75, 3.05) is 0 Å². The van der Waals surface area contributed by atoms with Crippen LogP contribution in [0.2, 0.25) is 0 Å². The van der Waals surface area contributed by atoms with Crippen LogP contribution in [-0.4, -0.2) is 6.43 Å². The van der Waals surface area contributed by atoms with Crippen molar-refractivity contribution < 1.29 is 8.78 Å². The monoisotopic (exact) mass is 233 g/mol. The summed E-state index contributed by atoms with van der Waals surface area (Å²) in [5.41, 5.74) is 7.67. The zero-order valence-corrected chi connectivity index (χ0v) is 9.18. The molecule has 1 atom stereocenters. The van der Waals surface area contributed by atoms with Crippen LogP contribution in [0.15, 0.2) is 54.6 Å². The number of halogens is 2. The van der Waals surface area contributed by atoms with Gasteiger partial charge in [0.2, 0.25) is 0 Å². The van der Waals surface area contributed by atoms with Crippen molar-refractivity contribution in [3.8, 4) is 11.1 Å². The molecule has 88 valence electrons. The lowest BCUT2D eigenvalue weighted by Crippen LogP contribution is -2.19. The molecule has 2 N–H and O–H groups in total. The SMILES string of the molecule is NC(c1ccccc1-c1ccccc1)C(F)F. The summed E-state index contributed by atoms with van der Waals surface area (Å²) in [4.78, 5) is 0. The van der Waals surface area contributed by atoms with E-state index < -0.39 is 12.5 Å². The standard InChI is InChI=1S/C14H13F2N/c15-14(16)13(17)12-9-5-4-8-11(12)10-6-2-1-3-7-10/h1-9,13-14H,17H2. The summed E-state index contributed by atoms with van der Waals surface area (Å²) in [6.07, 6.45) is -2.56. The Labute approximate surface area is 98.9 Å². The van der Waals surface area contributed by atoms with Crippen LogP contribution in [0.25, 0.3) is 11.1 Å². The quantitative estimate of drug-likeness (QED) is 0.860. The van der Waals surface area contributed by atoms with E-state index in [2.05, 4.69) is 0 Å². The largest absolute Gasteiger partial charge is 0.319 e. The van der Waals surface area contributed by atoms with Gasteiger partial charge in [-0.05, 0) is 16.7 Å². The predicted molar refractivity (Wildman–Crippen MR) is 64.8 cm³/mol. The molecule has 0 aromatic heterocycles. The van der Waals surface area contributed by atoms with E-state index in [1.807, 2.05) is 42.5 Å². The van der Waals surface area contributed by atoms with Gasteiger partial charge in [0.25, 0.3) is 6.43 Å². The van der Waals surface area contributed by atoms with Crippen LogP contribution in [0.1, 0.15) is 11.6 Å². The zero-order valence-electron chi connectivity index (χ0n) is 9.18. The number of nitrogens with two attached hydrogens (primary N) is 1. The molecule has 0 aliphatic carbocycles. The van der Waals surface area contributed by atoms with Crippen molar-refractivity contribution in [3.63, 3.8) is 0 Å². The first-order chi connectivity index (χ1) is 8.20. The van der Waals surface area contributed by atoms with Crippen LogP contribution in [0.3, 0.4) is 0 Å². The van der Waals surface area contributed by atoms with Gasteiger partial charge in [0.1, 0.15) is 0 Å². The van der Waals surface area contributed by atoms with Crippen LogP contribution in [-0.2, 0) is 0 Å². The molecule has 0 spiro atoms. The Morgan fingerprint density at radius 1 is 0.824 bits per heavy atom. The van der Waals surface area contributed by atoms with E-state index in [-0.39, 0.29) is 0 Å². The molecule has 0 radical (unpaired) electrons. The van der Waals surface area contributed by atoms with Crippen LogP contribution in [0, 0.1) is 0 Å². The summed E-state index contributed by atoms with van der Waals surface area (Å²) in [5.74, 6) is 0. The Bertz CT molecular complexity index is 483. The second kappa shape index (κ2) is 5.06. The summed E-state index contributed by atoms with van der Waals surface area (Å²) in [6.45, 7) is 0. The van der Waals surface area contributed by atoms with E-state index in [0.29, 0.717) is 5.56 Å². The first kappa shape index (κ1) is 11.7. The molecular weight excluding hydrogens is 220 g/mol. The topological polar surface area (TPSA) is 26.0 Å². The molecule has 0 bridgehead atoms. The molecule has 0 saturated heterocycles. The highest BCUT2D eigenvalue weighted by atomic mass is 19.3. The highest BCUT2D eigenvalue weighted by Crippen LogP contribution is 2.29. The van der Waals surface area contributed by atoms with Crippen LogP contribution in [0.4, 0.5) is 8.78 Å². The maximum atomic E-state index is 12.7. The average Bonchev–Trinajstić information content (AvgIpc) is 2.39. The molecule has 0 amide bonds. The van der Waals surface area contributed by atoms with Gasteiger partial charge in [-0.25, -0.2) is 8.78 Å². The van der Waals surface area contributed by atoms with E-state index in [4.69, 9.17) is 5.73 Å². The molecule has 0 saturated carbocycles. The van der Waals surface area contributed by atoms with Gasteiger partial charge in [0.05, 0.1) is 6.04 Å². The molecule has 1 unspecified atom stereocenters. The summed E-state index contributed by atoms with van der Waals surface area (Å²) < 4.78 is 25.4. The Morgan fingerprint density at radius 2 is 1.41 bits per heavy atom. The fourth-order valence-corrected chi connectivity index (χ4v) is 1.80. The second-order valence-electron chi connectivity index (χ2n) is 3.81. The number of rotatable bonds is 3. The normalized spacial score (nSPS) is 12.7. The highest BCUT2D eigenvalue weighted by molar-refractivity contribution is 5.67. The van der Waals surface area contributed by atoms with E-state index in [1.54, 1.807) is 12.1 Å². The minimum absolute atomic E-state index is 0.480. The van der Waals surface area contributed by atoms with Crippen LogP contribution >= 0.6 is 0 Å². The van der Waals surface area contributed by atoms with E-state index in [1.165, 1.54) is 0 Å². The van der Waals surface area contributed by atoms with E-state index in [0.717, 1.165) is 11.1 Å². The average molecular weight is 233 g/mol. The van der Waals surface area contributed by atoms with Crippen molar-refractivity contribution in [1.29, 1.82) is 0 Å². The van der Waals surface area contributed by atoms with Crippen molar-refractivity contribution >= 4 is 0 Å². The number of alkyl halides is 2. The van der Waals surface area contributed by atoms with Crippen molar-refractivity contribution in [2.24, 2.45) is 5.73 Å². The minimum atomic E-state index is -2.56. The molecule has 0 heterocycles. The third-order valence-corrected chi connectivity index (χ3v) is 2.68. The fraction of sp³-hybridized carbons (Fsp3) is 0.143. The molecule has 2 rings (SSSR count). The summed E-state index contributed by atoms with van der Waals surface area (Å²) in [5, 5.41) is 0. The molecule has 3 heteroatoms. The molecule has 1 nitrogen and oxygen atoms in total. The van der Waals surface area contributed by atoms with Crippen LogP contribution < -0.4 is 5.73 Å². The van der Waals surface area contributed by atoms with Gasteiger partial charge in [-0.1, -0.05) is 54.6 Å². The maximum absolute atomic E-state index is 12.7. The first-order valence-electron chi connectivity index (χ1n) is 5.38. The van der Waals surface area contributed by atoms with Gasteiger partial charge >= 0.3 is 0 Å². The number of hydrogen-bond acceptors (Lipinski definition) is 1. The molecule has 17 heavy (non-hydrogen) atoms. The van der Waals surface area contributed by atoms with Gasteiger partial charge < -0.3 is 5.73 Å². The predicted octanol–water partition coefficient (Wildman–Crippen LogP) is 3.62. The third kappa shape index (κ3) is 2.50. The van der Waals surface area contributed by atoms with Gasteiger partial charge in [-0.3, -0.25) is 0 Å². The van der Waals surface area contributed by atoms with Gasteiger partial charge in [0.15, 0.2) is 0 Å². The Morgan fingerprint density at radius 3 is 2.06 bits per heavy atom. The molecule has 0 aliphatic heterocycles. The lowest BCUT2D eigenvalue weighted by atomic mass is 9.95. The van der Waals surface area contributed by atoms with Crippen molar-refractivity contribution in [3.05, 3.63) is 60.2 Å². The van der Waals surface area contributed by atoms with Crippen molar-refractivity contribution in [2.45, 2.75) is 12.5 Å². The van der Waals surface area contributed by atoms with Gasteiger partial charge in [-0.2, -0.15) is 0 Å². The Balaban J connectivity index is 2.48. The Kier molecular flexibility index (Phi) is 3.49. The summed E-state index contributed by atoms with van der Waals surface area (Å²) in [6, 6.07) is 15.2. The second-order valence-corrected chi connectivity index (χ2v) is 3.81. The minimum Gasteiger partial charge on any atom is -0.319 e. The van der Waals surface area contributed by atoms with Crippen molar-refractivity contribution in [1.82, 2.24) is 0 Å². The number of hydrogen-bond donors (Lipinski definition) is 1. The fourth-order valence-electron chi connectivity index (χ4n) is 1.80. The molecule has 2 aromatic rings. The zero-order chi connectivity index (χ0) is 12.3. The Hall–Kier alpha value is -1.74. The molecule has 0 fully saturated rings. The van der Waals surface area contributed by atoms with Crippen LogP contribution in [0.5, 0.6) is 0 Å². The molecule has 2 aromatic carbocycles. The summed E-state index contributed by atoms with van der Waals surface area (Å²) >= 11 is 0. The maximum Gasteiger partial charge on any atom is 0.257 e. The van der Waals surface area contributed by atoms with E-state index in [9.17, 15) is 8.78 Å². The first-order valence-corrected chi connectivity index (χ1v) is 5.38. The highest BCUT2D eigenvalue weighted by Gasteiger charge is 2.20. The number of benzene rings is 2. The van der Waals surface area contributed by atoms with Gasteiger partial charge in [0, 0.05) is 0 Å². The smallest absolute Gasteiger partial charge is 0.257 e. The van der Waals surface area contributed by atoms with E-state index >= 15 is 0 Å². The molecular formula is C14H13F2N. The molecule has 0 aliphatic rings.